The molecule has 1 spiro atoms. The first-order valence-electron chi connectivity index (χ1n) is 13.0. The number of carbonyl (C=O) groups is 3. The molecule has 3 amide bonds. The summed E-state index contributed by atoms with van der Waals surface area (Å²) in [5, 5.41) is 8.01. The van der Waals surface area contributed by atoms with Gasteiger partial charge in [0.05, 0.1) is 18.7 Å². The lowest BCUT2D eigenvalue weighted by Gasteiger charge is -2.38. The Bertz CT molecular complexity index is 1470. The highest BCUT2D eigenvalue weighted by Crippen LogP contribution is 2.49. The van der Waals surface area contributed by atoms with E-state index in [-0.39, 0.29) is 29.6 Å². The normalized spacial score (nSPS) is 22.9. The van der Waals surface area contributed by atoms with Gasteiger partial charge in [0.1, 0.15) is 11.8 Å². The van der Waals surface area contributed by atoms with Crippen LogP contribution in [0.25, 0.3) is 10.9 Å². The van der Waals surface area contributed by atoms with E-state index in [1.165, 1.54) is 16.5 Å². The summed E-state index contributed by atoms with van der Waals surface area (Å²) in [5.41, 5.74) is 4.97. The van der Waals surface area contributed by atoms with Gasteiger partial charge in [-0.1, -0.05) is 12.1 Å². The van der Waals surface area contributed by atoms with Crippen LogP contribution in [0.4, 0.5) is 0 Å². The summed E-state index contributed by atoms with van der Waals surface area (Å²) in [5.74, 6) is 0.00964. The molecule has 2 aromatic carbocycles. The molecule has 9 heteroatoms. The van der Waals surface area contributed by atoms with Crippen LogP contribution >= 0.6 is 0 Å². The van der Waals surface area contributed by atoms with Crippen LogP contribution in [0.5, 0.6) is 5.75 Å². The highest BCUT2D eigenvalue weighted by atomic mass is 16.5. The maximum atomic E-state index is 13.2. The Kier molecular flexibility index (Phi) is 4.95. The summed E-state index contributed by atoms with van der Waals surface area (Å²) in [4.78, 5) is 41.3. The van der Waals surface area contributed by atoms with Crippen molar-refractivity contribution in [2.45, 2.75) is 50.2 Å². The molecule has 0 saturated carbocycles. The number of hydrogen-bond donors (Lipinski definition) is 1. The maximum Gasteiger partial charge on any atom is 0.255 e. The second kappa shape index (κ2) is 8.14. The van der Waals surface area contributed by atoms with Crippen molar-refractivity contribution in [2.24, 2.45) is 7.05 Å². The van der Waals surface area contributed by atoms with Crippen molar-refractivity contribution in [3.63, 3.8) is 0 Å². The standard InChI is InChI=1S/C28H29N5O4/c1-31-14-18-12-17(2-5-22(18)30-31)13-32-10-8-28(9-11-32)16-37-25-20-15-33(23-6-7-24(34)29-26(23)35)27(36)19(20)3-4-21(25)28/h2-5,12,14,23H,6-11,13,15-16H2,1H3,(H,29,34,35). The molecule has 7 rings (SSSR count). The molecule has 0 radical (unpaired) electrons. The van der Waals surface area contributed by atoms with Gasteiger partial charge in [0.2, 0.25) is 11.8 Å². The van der Waals surface area contributed by atoms with E-state index in [0.717, 1.165) is 49.3 Å². The summed E-state index contributed by atoms with van der Waals surface area (Å²) >= 11 is 0. The van der Waals surface area contributed by atoms with Gasteiger partial charge in [-0.3, -0.25) is 29.3 Å². The smallest absolute Gasteiger partial charge is 0.255 e. The van der Waals surface area contributed by atoms with Crippen molar-refractivity contribution in [1.29, 1.82) is 0 Å². The molecular formula is C28H29N5O4. The molecule has 4 aliphatic rings. The number of ether oxygens (including phenoxy) is 1. The Labute approximate surface area is 214 Å². The van der Waals surface area contributed by atoms with Crippen LogP contribution in [0.2, 0.25) is 0 Å². The van der Waals surface area contributed by atoms with Gasteiger partial charge in [-0.15, -0.1) is 0 Å². The molecule has 9 nitrogen and oxygen atoms in total. The molecule has 1 N–H and O–H groups in total. The van der Waals surface area contributed by atoms with Crippen molar-refractivity contribution >= 4 is 28.6 Å². The summed E-state index contributed by atoms with van der Waals surface area (Å²) < 4.78 is 8.16. The van der Waals surface area contributed by atoms with E-state index in [1.54, 1.807) is 4.90 Å². The third-order valence-corrected chi connectivity index (χ3v) is 8.63. The average Bonchev–Trinajstić information content (AvgIpc) is 3.54. The number of carbonyl (C=O) groups excluding carboxylic acids is 3. The fourth-order valence-corrected chi connectivity index (χ4v) is 6.59. The number of aromatic nitrogens is 2. The Morgan fingerprint density at radius 2 is 1.97 bits per heavy atom. The minimum absolute atomic E-state index is 0.0424. The number of aryl methyl sites for hydroxylation is 1. The highest BCUT2D eigenvalue weighted by molar-refractivity contribution is 6.05. The van der Waals surface area contributed by atoms with Crippen LogP contribution in [0.15, 0.2) is 36.5 Å². The topological polar surface area (TPSA) is 96.8 Å². The summed E-state index contributed by atoms with van der Waals surface area (Å²) in [7, 11) is 1.95. The van der Waals surface area contributed by atoms with Crippen LogP contribution in [0.3, 0.4) is 0 Å². The molecule has 1 atom stereocenters. The predicted molar refractivity (Wildman–Crippen MR) is 135 cm³/mol. The van der Waals surface area contributed by atoms with Gasteiger partial charge in [0.25, 0.3) is 5.91 Å². The minimum Gasteiger partial charge on any atom is -0.492 e. The zero-order valence-electron chi connectivity index (χ0n) is 20.8. The maximum absolute atomic E-state index is 13.2. The van der Waals surface area contributed by atoms with E-state index >= 15 is 0 Å². The first-order valence-corrected chi connectivity index (χ1v) is 13.0. The van der Waals surface area contributed by atoms with E-state index in [9.17, 15) is 14.4 Å². The SMILES string of the molecule is Cn1cc2cc(CN3CCC4(CC3)COc3c4ccc4c3CN(C3CCC(=O)NC3=O)C4=O)ccc2n1. The molecule has 1 unspecified atom stereocenters. The number of likely N-dealkylation sites (tertiary alicyclic amines) is 1. The number of fused-ring (bicyclic) bond motifs is 5. The Morgan fingerprint density at radius 1 is 1.14 bits per heavy atom. The fourth-order valence-electron chi connectivity index (χ4n) is 6.59. The van der Waals surface area contributed by atoms with Gasteiger partial charge in [-0.25, -0.2) is 0 Å². The number of imide groups is 1. The zero-order chi connectivity index (χ0) is 25.3. The lowest BCUT2D eigenvalue weighted by molar-refractivity contribution is -0.136. The molecule has 4 aliphatic heterocycles. The van der Waals surface area contributed by atoms with E-state index in [1.807, 2.05) is 17.8 Å². The van der Waals surface area contributed by atoms with Crippen LogP contribution in [0.1, 0.15) is 52.7 Å². The first-order chi connectivity index (χ1) is 17.9. The molecule has 2 saturated heterocycles. The number of amides is 3. The van der Waals surface area contributed by atoms with Crippen LogP contribution < -0.4 is 10.1 Å². The highest BCUT2D eigenvalue weighted by Gasteiger charge is 2.47. The van der Waals surface area contributed by atoms with Gasteiger partial charge >= 0.3 is 0 Å². The number of rotatable bonds is 3. The van der Waals surface area contributed by atoms with Gasteiger partial charge < -0.3 is 9.64 Å². The molecule has 0 aliphatic carbocycles. The van der Waals surface area contributed by atoms with E-state index < -0.39 is 6.04 Å². The average molecular weight is 500 g/mol. The molecule has 2 fully saturated rings. The molecule has 190 valence electrons. The third-order valence-electron chi connectivity index (χ3n) is 8.63. The van der Waals surface area contributed by atoms with Crippen molar-refractivity contribution in [3.05, 3.63) is 58.8 Å². The van der Waals surface area contributed by atoms with E-state index in [0.29, 0.717) is 25.1 Å². The number of nitrogens with one attached hydrogen (secondary N) is 1. The van der Waals surface area contributed by atoms with E-state index in [2.05, 4.69) is 45.8 Å². The molecule has 5 heterocycles. The predicted octanol–water partition coefficient (Wildman–Crippen LogP) is 2.26. The minimum atomic E-state index is -0.613. The Hall–Kier alpha value is -3.72. The quantitative estimate of drug-likeness (QED) is 0.556. The second-order valence-electron chi connectivity index (χ2n) is 10.9. The zero-order valence-corrected chi connectivity index (χ0v) is 20.8. The number of piperidine rings is 2. The van der Waals surface area contributed by atoms with E-state index in [4.69, 9.17) is 4.74 Å². The Morgan fingerprint density at radius 3 is 2.78 bits per heavy atom. The molecule has 0 bridgehead atoms. The van der Waals surface area contributed by atoms with Crippen molar-refractivity contribution < 1.29 is 19.1 Å². The third kappa shape index (κ3) is 3.55. The van der Waals surface area contributed by atoms with Gasteiger partial charge in [-0.05, 0) is 56.1 Å². The summed E-state index contributed by atoms with van der Waals surface area (Å²) in [6.45, 7) is 3.84. The largest absolute Gasteiger partial charge is 0.492 e. The van der Waals surface area contributed by atoms with Crippen molar-refractivity contribution in [2.75, 3.05) is 19.7 Å². The molecule has 1 aromatic heterocycles. The lowest BCUT2D eigenvalue weighted by Crippen LogP contribution is -2.52. The number of nitrogens with zero attached hydrogens (tertiary/aromatic N) is 4. The molecular weight excluding hydrogens is 470 g/mol. The Balaban J connectivity index is 1.07. The van der Waals surface area contributed by atoms with Crippen LogP contribution in [-0.2, 0) is 35.1 Å². The van der Waals surface area contributed by atoms with Gasteiger partial charge in [-0.2, -0.15) is 5.10 Å². The monoisotopic (exact) mass is 499 g/mol. The second-order valence-corrected chi connectivity index (χ2v) is 10.9. The van der Waals surface area contributed by atoms with Crippen molar-refractivity contribution in [1.82, 2.24) is 24.9 Å². The van der Waals surface area contributed by atoms with Crippen LogP contribution in [0, 0.1) is 0 Å². The molecule has 37 heavy (non-hydrogen) atoms. The van der Waals surface area contributed by atoms with Crippen LogP contribution in [-0.4, -0.2) is 63.0 Å². The van der Waals surface area contributed by atoms with Gasteiger partial charge in [0, 0.05) is 53.7 Å². The number of hydrogen-bond acceptors (Lipinski definition) is 6. The van der Waals surface area contributed by atoms with Crippen molar-refractivity contribution in [3.8, 4) is 5.75 Å². The van der Waals surface area contributed by atoms with Gasteiger partial charge in [0.15, 0.2) is 0 Å². The fraction of sp³-hybridized carbons (Fsp3) is 0.429. The number of benzene rings is 2. The summed E-state index contributed by atoms with van der Waals surface area (Å²) in [6.07, 6.45) is 4.67. The summed E-state index contributed by atoms with van der Waals surface area (Å²) in [6, 6.07) is 9.86. The lowest BCUT2D eigenvalue weighted by atomic mass is 9.74. The first kappa shape index (κ1) is 22.5. The molecule has 3 aromatic rings.